The normalized spacial score (nSPS) is 13.9. The summed E-state index contributed by atoms with van der Waals surface area (Å²) in [6.45, 7) is 17.8. The number of rotatable bonds is 17. The third kappa shape index (κ3) is 8.95. The number of carbonyl (C=O) groups excluding carboxylic acids is 3. The molecule has 6 rings (SSSR count). The van der Waals surface area contributed by atoms with Gasteiger partial charge >= 0.3 is 5.97 Å². The van der Waals surface area contributed by atoms with E-state index in [4.69, 9.17) is 19.4 Å². The number of carbonyl (C=O) groups is 4. The number of amides is 3. The van der Waals surface area contributed by atoms with E-state index >= 15 is 0 Å². The first-order valence-electron chi connectivity index (χ1n) is 19.0. The number of aryl methyl sites for hydroxylation is 2. The number of imide groups is 1. The van der Waals surface area contributed by atoms with Crippen molar-refractivity contribution in [1.29, 1.82) is 0 Å². The molecule has 0 spiro atoms. The van der Waals surface area contributed by atoms with Gasteiger partial charge in [-0.25, -0.2) is 9.97 Å². The predicted molar refractivity (Wildman–Crippen MR) is 222 cm³/mol. The van der Waals surface area contributed by atoms with Gasteiger partial charge in [0.15, 0.2) is 0 Å². The Morgan fingerprint density at radius 2 is 1.23 bits per heavy atom. The van der Waals surface area contributed by atoms with Crippen LogP contribution in [0.15, 0.2) is 49.6 Å². The lowest BCUT2D eigenvalue weighted by molar-refractivity contribution is -0.138. The first-order valence-corrected chi connectivity index (χ1v) is 19.0. The number of aliphatic carboxylic acids is 1. The Labute approximate surface area is 330 Å². The molecular weight excluding hydrogens is 725 g/mol. The molecule has 0 saturated carbocycles. The number of carboxylic acids is 1. The SMILES string of the molecule is C=Cc1c(C)c2cc3[nH]c(cc4nc(cc5nc(cc1[nH]2)C(C)=C5CCC(=O)O)C(CCC(=O)NCCOCCOCCN1C(=O)C=CC1=O)=C4C)c(C)c3C=C. The Kier molecular flexibility index (Phi) is 12.6. The molecule has 0 unspecified atom stereocenters. The molecule has 3 aliphatic rings. The van der Waals surface area contributed by atoms with Crippen LogP contribution in [0.4, 0.5) is 0 Å². The number of allylic oxidation sites excluding steroid dienone is 4. The highest BCUT2D eigenvalue weighted by molar-refractivity contribution is 6.12. The van der Waals surface area contributed by atoms with Gasteiger partial charge in [0.1, 0.15) is 0 Å². The summed E-state index contributed by atoms with van der Waals surface area (Å²) in [5.74, 6) is -1.73. The van der Waals surface area contributed by atoms with Crippen LogP contribution in [0.25, 0.3) is 56.5 Å². The number of hydrogen-bond acceptors (Lipinski definition) is 8. The Bertz CT molecular complexity index is 2410. The number of nitrogens with zero attached hydrogens (tertiary/aromatic N) is 3. The fraction of sp³-hybridized carbons (Fsp3) is 0.318. The van der Waals surface area contributed by atoms with Gasteiger partial charge in [-0.2, -0.15) is 0 Å². The topological polar surface area (TPSA) is 180 Å². The molecular formula is C44H48N6O7. The Balaban J connectivity index is 1.24. The summed E-state index contributed by atoms with van der Waals surface area (Å²) in [7, 11) is 0. The molecule has 4 N–H and O–H groups in total. The highest BCUT2D eigenvalue weighted by Crippen LogP contribution is 2.38. The van der Waals surface area contributed by atoms with E-state index in [1.54, 1.807) is 0 Å². The Hall–Kier alpha value is -6.18. The van der Waals surface area contributed by atoms with E-state index in [-0.39, 0.29) is 56.9 Å². The molecule has 3 aliphatic heterocycles. The van der Waals surface area contributed by atoms with E-state index in [1.807, 2.05) is 58.0 Å². The van der Waals surface area contributed by atoms with Crippen LogP contribution in [0.2, 0.25) is 0 Å². The average Bonchev–Trinajstić information content (AvgIpc) is 3.92. The zero-order chi connectivity index (χ0) is 40.8. The summed E-state index contributed by atoms with van der Waals surface area (Å²) in [6, 6.07) is 7.98. The molecule has 3 aromatic rings. The standard InChI is InChI=1S/C44H48N6O7/c1-7-29-25(3)33-21-34-27(5)31(9-11-41(51)45-15-17-56-19-20-57-18-16-50-42(52)12-13-43(50)53)39(48-34)24-40-32(10-14-44(54)55)28(6)36(49-40)23-38-30(8-2)26(4)35(47-38)22-37(29)46-33/h7-8,12-13,21-24,46-47H,1-2,9-11,14-20H2,3-6H3,(H,45,51)(H,54,55). The fourth-order valence-electron chi connectivity index (χ4n) is 7.25. The smallest absolute Gasteiger partial charge is 0.303 e. The second-order valence-corrected chi connectivity index (χ2v) is 14.1. The minimum atomic E-state index is -0.896. The third-order valence-electron chi connectivity index (χ3n) is 10.5. The molecule has 0 atom stereocenters. The largest absolute Gasteiger partial charge is 0.481 e. The summed E-state index contributed by atoms with van der Waals surface area (Å²) >= 11 is 0. The Morgan fingerprint density at radius 1 is 0.719 bits per heavy atom. The number of nitrogens with one attached hydrogen (secondary N) is 3. The molecule has 3 amide bonds. The first-order chi connectivity index (χ1) is 27.4. The maximum absolute atomic E-state index is 13.1. The van der Waals surface area contributed by atoms with Crippen molar-refractivity contribution < 1.29 is 33.8 Å². The van der Waals surface area contributed by atoms with E-state index < -0.39 is 5.97 Å². The van der Waals surface area contributed by atoms with Crippen molar-refractivity contribution in [3.05, 3.63) is 94.6 Å². The number of carboxylic acid groups (broad SMARTS) is 1. The summed E-state index contributed by atoms with van der Waals surface area (Å²) in [6.07, 6.45) is 7.00. The van der Waals surface area contributed by atoms with Crippen molar-refractivity contribution >= 4 is 80.2 Å². The molecule has 57 heavy (non-hydrogen) atoms. The summed E-state index contributed by atoms with van der Waals surface area (Å²) in [4.78, 5) is 66.4. The average molecular weight is 773 g/mol. The molecule has 296 valence electrons. The van der Waals surface area contributed by atoms with Crippen molar-refractivity contribution in [2.24, 2.45) is 0 Å². The molecule has 3 aromatic heterocycles. The van der Waals surface area contributed by atoms with Crippen LogP contribution in [0.5, 0.6) is 0 Å². The van der Waals surface area contributed by atoms with Gasteiger partial charge in [-0.1, -0.05) is 25.3 Å². The van der Waals surface area contributed by atoms with Crippen LogP contribution in [0.1, 0.15) is 84.6 Å². The van der Waals surface area contributed by atoms with Gasteiger partial charge in [-0.3, -0.25) is 24.1 Å². The van der Waals surface area contributed by atoms with Gasteiger partial charge in [0.25, 0.3) is 11.8 Å². The van der Waals surface area contributed by atoms with Gasteiger partial charge < -0.3 is 29.9 Å². The van der Waals surface area contributed by atoms with E-state index in [0.29, 0.717) is 43.1 Å². The predicted octanol–water partition coefficient (Wildman–Crippen LogP) is 6.80. The van der Waals surface area contributed by atoms with Gasteiger partial charge in [0.2, 0.25) is 5.91 Å². The quantitative estimate of drug-likeness (QED) is 0.0848. The molecule has 13 heteroatoms. The van der Waals surface area contributed by atoms with E-state index in [0.717, 1.165) is 77.2 Å². The van der Waals surface area contributed by atoms with Crippen molar-refractivity contribution in [3.63, 3.8) is 0 Å². The van der Waals surface area contributed by atoms with Gasteiger partial charge in [-0.05, 0) is 98.2 Å². The molecule has 6 heterocycles. The zero-order valence-electron chi connectivity index (χ0n) is 32.8. The van der Waals surface area contributed by atoms with Crippen LogP contribution in [0.3, 0.4) is 0 Å². The fourth-order valence-corrected chi connectivity index (χ4v) is 7.25. The first kappa shape index (κ1) is 40.5. The van der Waals surface area contributed by atoms with E-state index in [9.17, 15) is 24.3 Å². The van der Waals surface area contributed by atoms with Gasteiger partial charge in [-0.15, -0.1) is 0 Å². The van der Waals surface area contributed by atoms with E-state index in [1.165, 1.54) is 12.2 Å². The summed E-state index contributed by atoms with van der Waals surface area (Å²) < 4.78 is 11.1. The maximum Gasteiger partial charge on any atom is 0.303 e. The molecule has 13 nitrogen and oxygen atoms in total. The second-order valence-electron chi connectivity index (χ2n) is 14.1. The number of ether oxygens (including phenoxy) is 2. The molecule has 8 bridgehead atoms. The minimum absolute atomic E-state index is 0.0530. The van der Waals surface area contributed by atoms with Crippen LogP contribution in [-0.4, -0.2) is 93.2 Å². The van der Waals surface area contributed by atoms with Crippen molar-refractivity contribution in [2.75, 3.05) is 39.5 Å². The molecule has 0 fully saturated rings. The molecule has 0 saturated heterocycles. The minimum Gasteiger partial charge on any atom is -0.481 e. The number of H-pyrrole nitrogens is 2. The molecule has 0 aliphatic carbocycles. The highest BCUT2D eigenvalue weighted by atomic mass is 16.5. The van der Waals surface area contributed by atoms with Crippen LogP contribution in [0, 0.1) is 13.8 Å². The summed E-state index contributed by atoms with van der Waals surface area (Å²) in [5, 5.41) is 12.5. The Morgan fingerprint density at radius 3 is 1.79 bits per heavy atom. The number of fused-ring (bicyclic) bond motifs is 8. The lowest BCUT2D eigenvalue weighted by atomic mass is 9.98. The van der Waals surface area contributed by atoms with Gasteiger partial charge in [0.05, 0.1) is 55.7 Å². The zero-order valence-corrected chi connectivity index (χ0v) is 32.8. The maximum atomic E-state index is 13.1. The monoisotopic (exact) mass is 772 g/mol. The molecule has 0 aromatic carbocycles. The van der Waals surface area contributed by atoms with Gasteiger partial charge in [0, 0.05) is 64.7 Å². The lowest BCUT2D eigenvalue weighted by Crippen LogP contribution is -2.33. The summed E-state index contributed by atoms with van der Waals surface area (Å²) in [5.41, 5.74) is 13.8. The van der Waals surface area contributed by atoms with Crippen molar-refractivity contribution in [1.82, 2.24) is 30.2 Å². The number of aromatic amines is 2. The van der Waals surface area contributed by atoms with Crippen molar-refractivity contribution in [2.45, 2.75) is 53.4 Å². The van der Waals surface area contributed by atoms with Crippen LogP contribution in [-0.2, 0) is 28.7 Å². The van der Waals surface area contributed by atoms with Crippen LogP contribution < -0.4 is 5.32 Å². The van der Waals surface area contributed by atoms with Crippen LogP contribution >= 0.6 is 0 Å². The second kappa shape index (κ2) is 17.7. The third-order valence-corrected chi connectivity index (χ3v) is 10.5. The van der Waals surface area contributed by atoms with Crippen molar-refractivity contribution in [3.8, 4) is 0 Å². The number of hydrogen-bond donors (Lipinski definition) is 4. The number of aromatic nitrogens is 4. The van der Waals surface area contributed by atoms with E-state index in [2.05, 4.69) is 34.5 Å². The lowest BCUT2D eigenvalue weighted by Gasteiger charge is -2.13. The molecule has 0 radical (unpaired) electrons. The highest BCUT2D eigenvalue weighted by Gasteiger charge is 2.24.